The molecule has 0 spiro atoms. The maximum absolute atomic E-state index is 5.29. The lowest BCUT2D eigenvalue weighted by molar-refractivity contribution is 0.188. The third-order valence-corrected chi connectivity index (χ3v) is 2.91. The number of methoxy groups -OCH3 is 1. The number of fused-ring (bicyclic) bond motifs is 1. The summed E-state index contributed by atoms with van der Waals surface area (Å²) in [5, 5.41) is 8.86. The van der Waals surface area contributed by atoms with E-state index in [2.05, 4.69) is 33.0 Å². The number of nitrogens with zero attached hydrogens (tertiary/aromatic N) is 3. The molecule has 0 aliphatic heterocycles. The lowest BCUT2D eigenvalue weighted by Gasteiger charge is -2.07. The van der Waals surface area contributed by atoms with Gasteiger partial charge in [0.05, 0.1) is 6.61 Å². The summed E-state index contributed by atoms with van der Waals surface area (Å²) in [4.78, 5) is 0. The van der Waals surface area contributed by atoms with Crippen LogP contribution in [0, 0.1) is 0 Å². The van der Waals surface area contributed by atoms with E-state index in [1.54, 1.807) is 7.11 Å². The minimum Gasteiger partial charge on any atom is -0.422 e. The summed E-state index contributed by atoms with van der Waals surface area (Å²) in [6.07, 6.45) is 1.34. The second-order valence-electron chi connectivity index (χ2n) is 3.98. The summed E-state index contributed by atoms with van der Waals surface area (Å²) >= 11 is 0. The molecule has 0 saturated heterocycles. The van der Waals surface area contributed by atoms with Crippen LogP contribution < -0.4 is 0 Å². The smallest absolute Gasteiger partial charge is 0.264 e. The summed E-state index contributed by atoms with van der Waals surface area (Å²) in [6, 6.07) is 10.2. The van der Waals surface area contributed by atoms with Gasteiger partial charge in [0.15, 0.2) is 0 Å². The zero-order chi connectivity index (χ0) is 12.4. The standard InChI is InChI=1S/C13H13N3O2/c1-17-7-6-16-11-5-3-2-4-10(11)8-12(16)13-15-14-9-18-13/h2-5,8-9H,6-7H2,1H3. The van der Waals surface area contributed by atoms with Crippen molar-refractivity contribution in [3.8, 4) is 11.6 Å². The van der Waals surface area contributed by atoms with E-state index in [0.29, 0.717) is 12.5 Å². The van der Waals surface area contributed by atoms with E-state index in [0.717, 1.165) is 23.1 Å². The van der Waals surface area contributed by atoms with Crippen molar-refractivity contribution in [3.05, 3.63) is 36.7 Å². The van der Waals surface area contributed by atoms with Crippen LogP contribution in [-0.2, 0) is 11.3 Å². The summed E-state index contributed by atoms with van der Waals surface area (Å²) in [5.41, 5.74) is 2.06. The Morgan fingerprint density at radius 1 is 1.33 bits per heavy atom. The molecule has 3 rings (SSSR count). The van der Waals surface area contributed by atoms with E-state index in [1.165, 1.54) is 6.39 Å². The Labute approximate surface area is 104 Å². The van der Waals surface area contributed by atoms with Gasteiger partial charge in [-0.3, -0.25) is 0 Å². The molecule has 3 aromatic rings. The summed E-state index contributed by atoms with van der Waals surface area (Å²) in [6.45, 7) is 1.39. The van der Waals surface area contributed by atoms with Crippen LogP contribution in [0.2, 0.25) is 0 Å². The first kappa shape index (κ1) is 11.0. The number of rotatable bonds is 4. The molecule has 0 aliphatic rings. The molecule has 0 atom stereocenters. The molecule has 5 heteroatoms. The molecule has 2 aromatic heterocycles. The molecule has 0 saturated carbocycles. The number of ether oxygens (including phenoxy) is 1. The molecule has 92 valence electrons. The number of para-hydroxylation sites is 1. The maximum atomic E-state index is 5.29. The van der Waals surface area contributed by atoms with E-state index in [9.17, 15) is 0 Å². The van der Waals surface area contributed by atoms with Gasteiger partial charge in [0.1, 0.15) is 5.69 Å². The first-order valence-corrected chi connectivity index (χ1v) is 5.74. The van der Waals surface area contributed by atoms with Gasteiger partial charge in [-0.15, -0.1) is 10.2 Å². The van der Waals surface area contributed by atoms with Crippen LogP contribution in [0.5, 0.6) is 0 Å². The largest absolute Gasteiger partial charge is 0.422 e. The number of aromatic nitrogens is 3. The second kappa shape index (κ2) is 4.62. The molecule has 0 N–H and O–H groups in total. The van der Waals surface area contributed by atoms with Crippen molar-refractivity contribution in [1.29, 1.82) is 0 Å². The third-order valence-electron chi connectivity index (χ3n) is 2.91. The Morgan fingerprint density at radius 2 is 2.22 bits per heavy atom. The Morgan fingerprint density at radius 3 is 3.00 bits per heavy atom. The average Bonchev–Trinajstić information content (AvgIpc) is 3.03. The number of benzene rings is 1. The Kier molecular flexibility index (Phi) is 2.82. The van der Waals surface area contributed by atoms with Crippen LogP contribution in [0.25, 0.3) is 22.5 Å². The van der Waals surface area contributed by atoms with Crippen LogP contribution in [0.15, 0.2) is 41.1 Å². The fourth-order valence-electron chi connectivity index (χ4n) is 2.10. The van der Waals surface area contributed by atoms with Crippen LogP contribution in [0.4, 0.5) is 0 Å². The van der Waals surface area contributed by atoms with Gasteiger partial charge in [0, 0.05) is 24.6 Å². The van der Waals surface area contributed by atoms with Crippen molar-refractivity contribution in [2.45, 2.75) is 6.54 Å². The third kappa shape index (κ3) is 1.78. The summed E-state index contributed by atoms with van der Waals surface area (Å²) < 4.78 is 12.6. The van der Waals surface area contributed by atoms with Crippen LogP contribution >= 0.6 is 0 Å². The summed E-state index contributed by atoms with van der Waals surface area (Å²) in [5.74, 6) is 0.530. The van der Waals surface area contributed by atoms with Crippen molar-refractivity contribution in [3.63, 3.8) is 0 Å². The highest BCUT2D eigenvalue weighted by Gasteiger charge is 2.13. The van der Waals surface area contributed by atoms with Crippen molar-refractivity contribution in [2.24, 2.45) is 0 Å². The minimum absolute atomic E-state index is 0.530. The van der Waals surface area contributed by atoms with Crippen molar-refractivity contribution in [1.82, 2.24) is 14.8 Å². The lowest BCUT2D eigenvalue weighted by Crippen LogP contribution is -2.05. The summed E-state index contributed by atoms with van der Waals surface area (Å²) in [7, 11) is 1.69. The quantitative estimate of drug-likeness (QED) is 0.705. The highest BCUT2D eigenvalue weighted by Crippen LogP contribution is 2.26. The predicted molar refractivity (Wildman–Crippen MR) is 67.1 cm³/mol. The Hall–Kier alpha value is -2.14. The zero-order valence-corrected chi connectivity index (χ0v) is 10.0. The van der Waals surface area contributed by atoms with Gasteiger partial charge in [-0.25, -0.2) is 0 Å². The van der Waals surface area contributed by atoms with Gasteiger partial charge in [-0.05, 0) is 12.1 Å². The highest BCUT2D eigenvalue weighted by molar-refractivity contribution is 5.85. The van der Waals surface area contributed by atoms with Crippen LogP contribution in [-0.4, -0.2) is 28.5 Å². The fraction of sp³-hybridized carbons (Fsp3) is 0.231. The van der Waals surface area contributed by atoms with Gasteiger partial charge in [0.25, 0.3) is 5.89 Å². The van der Waals surface area contributed by atoms with Gasteiger partial charge in [-0.2, -0.15) is 0 Å². The normalized spacial score (nSPS) is 11.2. The fourth-order valence-corrected chi connectivity index (χ4v) is 2.10. The molecular weight excluding hydrogens is 230 g/mol. The SMILES string of the molecule is COCCn1c(-c2nnco2)cc2ccccc21. The second-order valence-corrected chi connectivity index (χ2v) is 3.98. The van der Waals surface area contributed by atoms with Crippen molar-refractivity contribution >= 4 is 10.9 Å². The van der Waals surface area contributed by atoms with Gasteiger partial charge in [0.2, 0.25) is 6.39 Å². The first-order valence-electron chi connectivity index (χ1n) is 5.74. The van der Waals surface area contributed by atoms with Gasteiger partial charge >= 0.3 is 0 Å². The zero-order valence-electron chi connectivity index (χ0n) is 10.0. The topological polar surface area (TPSA) is 53.1 Å². The minimum atomic E-state index is 0.530. The molecule has 18 heavy (non-hydrogen) atoms. The highest BCUT2D eigenvalue weighted by atomic mass is 16.5. The molecular formula is C13H13N3O2. The van der Waals surface area contributed by atoms with Gasteiger partial charge < -0.3 is 13.7 Å². The maximum Gasteiger partial charge on any atom is 0.264 e. The molecule has 0 fully saturated rings. The van der Waals surface area contributed by atoms with Crippen LogP contribution in [0.3, 0.4) is 0 Å². The molecule has 2 heterocycles. The van der Waals surface area contributed by atoms with E-state index in [4.69, 9.17) is 9.15 Å². The molecule has 0 bridgehead atoms. The average molecular weight is 243 g/mol. The van der Waals surface area contributed by atoms with Gasteiger partial charge in [-0.1, -0.05) is 18.2 Å². The molecule has 0 radical (unpaired) electrons. The van der Waals surface area contributed by atoms with Crippen molar-refractivity contribution in [2.75, 3.05) is 13.7 Å². The number of hydrogen-bond acceptors (Lipinski definition) is 4. The number of hydrogen-bond donors (Lipinski definition) is 0. The molecule has 5 nitrogen and oxygen atoms in total. The van der Waals surface area contributed by atoms with Crippen LogP contribution in [0.1, 0.15) is 0 Å². The predicted octanol–water partition coefficient (Wildman–Crippen LogP) is 2.34. The lowest BCUT2D eigenvalue weighted by atomic mass is 10.2. The molecule has 0 amide bonds. The molecule has 1 aromatic carbocycles. The first-order chi connectivity index (χ1) is 8.90. The molecule has 0 aliphatic carbocycles. The van der Waals surface area contributed by atoms with Crippen molar-refractivity contribution < 1.29 is 9.15 Å². The van der Waals surface area contributed by atoms with E-state index in [-0.39, 0.29) is 0 Å². The van der Waals surface area contributed by atoms with E-state index >= 15 is 0 Å². The Bertz CT molecular complexity index is 643. The van der Waals surface area contributed by atoms with E-state index < -0.39 is 0 Å². The van der Waals surface area contributed by atoms with E-state index in [1.807, 2.05) is 12.1 Å². The monoisotopic (exact) mass is 243 g/mol. The Balaban J connectivity index is 2.17. The molecule has 0 unspecified atom stereocenters.